The van der Waals surface area contributed by atoms with Crippen molar-refractivity contribution in [2.75, 3.05) is 6.54 Å². The van der Waals surface area contributed by atoms with E-state index < -0.39 is 17.7 Å². The van der Waals surface area contributed by atoms with E-state index in [0.29, 0.717) is 29.5 Å². The molecule has 5 saturated carbocycles. The van der Waals surface area contributed by atoms with Gasteiger partial charge in [0, 0.05) is 49.3 Å². The van der Waals surface area contributed by atoms with Crippen molar-refractivity contribution >= 4 is 11.9 Å². The molecule has 12 atom stereocenters. The van der Waals surface area contributed by atoms with Gasteiger partial charge in [0.05, 0.1) is 23.9 Å². The number of ether oxygens (including phenoxy) is 2. The lowest BCUT2D eigenvalue weighted by Crippen LogP contribution is -2.60. The van der Waals surface area contributed by atoms with Gasteiger partial charge in [-0.1, -0.05) is 34.6 Å². The van der Waals surface area contributed by atoms with E-state index in [1.807, 2.05) is 0 Å². The standard InChI is InChI=1S/C42H54F2N2O5/c1-24-17-30(22-46(25(2)47)21-26-18-28(43)20-29(44)19-26)50-35-34(24)39(5)13-14-42-23-41(42)12-9-33(51-37(49)27-10-15-45-16-11-27)38(3,4)31(41)7-8-32(42)40(39,6)36(35)48/h10-11,15-16,18-20,24,30-36,48H,7-9,12-14,17,21-23H2,1-6H3. The summed E-state index contributed by atoms with van der Waals surface area (Å²) in [7, 11) is 0. The van der Waals surface area contributed by atoms with Gasteiger partial charge in [-0.05, 0) is 121 Å². The number of fused-ring (bicyclic) bond motifs is 4. The molecule has 8 rings (SSSR count). The van der Waals surface area contributed by atoms with Crippen LogP contribution in [0.25, 0.3) is 0 Å². The number of aliphatic hydroxyl groups excluding tert-OH is 1. The van der Waals surface area contributed by atoms with Crippen molar-refractivity contribution < 1.29 is 33.0 Å². The van der Waals surface area contributed by atoms with E-state index in [-0.39, 0.29) is 75.6 Å². The van der Waals surface area contributed by atoms with Gasteiger partial charge >= 0.3 is 5.97 Å². The minimum Gasteiger partial charge on any atom is -0.458 e. The van der Waals surface area contributed by atoms with Crippen LogP contribution in [0.1, 0.15) is 109 Å². The molecule has 1 N–H and O–H groups in total. The molecule has 6 fully saturated rings. The van der Waals surface area contributed by atoms with Gasteiger partial charge in [-0.2, -0.15) is 0 Å². The van der Waals surface area contributed by atoms with Crippen molar-refractivity contribution in [2.24, 2.45) is 50.7 Å². The van der Waals surface area contributed by atoms with E-state index in [0.717, 1.165) is 51.0 Å². The van der Waals surface area contributed by atoms with E-state index in [1.165, 1.54) is 25.5 Å². The average Bonchev–Trinajstić information content (AvgIpc) is 3.70. The second-order valence-electron chi connectivity index (χ2n) is 18.4. The van der Waals surface area contributed by atoms with Gasteiger partial charge in [0.25, 0.3) is 0 Å². The Morgan fingerprint density at radius 2 is 1.65 bits per heavy atom. The summed E-state index contributed by atoms with van der Waals surface area (Å²) in [5, 5.41) is 12.6. The zero-order valence-corrected chi connectivity index (χ0v) is 31.0. The number of hydrogen-bond acceptors (Lipinski definition) is 6. The second-order valence-corrected chi connectivity index (χ2v) is 18.4. The number of hydrogen-bond donors (Lipinski definition) is 1. The average molecular weight is 705 g/mol. The monoisotopic (exact) mass is 704 g/mol. The van der Waals surface area contributed by atoms with Gasteiger partial charge < -0.3 is 19.5 Å². The molecule has 2 heterocycles. The van der Waals surface area contributed by atoms with E-state index in [4.69, 9.17) is 9.47 Å². The SMILES string of the molecule is CC(=O)N(Cc1cc(F)cc(F)c1)CC1CC(C)C2C(O1)C(O)C1(C)C3CCC4C(C)(C)C(OC(=O)c5ccncc5)CCC45CC35CCC21C. The molecule has 9 heteroatoms. The fourth-order valence-electron chi connectivity index (χ4n) is 13.9. The van der Waals surface area contributed by atoms with Crippen LogP contribution in [0.3, 0.4) is 0 Å². The van der Waals surface area contributed by atoms with Crippen LogP contribution in [0.5, 0.6) is 0 Å². The summed E-state index contributed by atoms with van der Waals surface area (Å²) >= 11 is 0. The third-order valence-electron chi connectivity index (χ3n) is 16.1. The zero-order chi connectivity index (χ0) is 36.3. The van der Waals surface area contributed by atoms with Crippen LogP contribution >= 0.6 is 0 Å². The Morgan fingerprint density at radius 1 is 0.980 bits per heavy atom. The molecule has 51 heavy (non-hydrogen) atoms. The van der Waals surface area contributed by atoms with E-state index in [9.17, 15) is 23.5 Å². The highest BCUT2D eigenvalue weighted by Crippen LogP contribution is 2.89. The summed E-state index contributed by atoms with van der Waals surface area (Å²) in [6.45, 7) is 13.6. The summed E-state index contributed by atoms with van der Waals surface area (Å²) in [6.07, 6.45) is 10.0. The first-order valence-corrected chi connectivity index (χ1v) is 19.2. The smallest absolute Gasteiger partial charge is 0.338 e. The van der Waals surface area contributed by atoms with Crippen molar-refractivity contribution in [3.8, 4) is 0 Å². The Hall–Kier alpha value is -2.91. The molecule has 1 aliphatic heterocycles. The summed E-state index contributed by atoms with van der Waals surface area (Å²) in [5.41, 5.74) is 0.726. The molecule has 2 aromatic rings. The van der Waals surface area contributed by atoms with Crippen molar-refractivity contribution in [3.63, 3.8) is 0 Å². The Kier molecular flexibility index (Phi) is 8.13. The number of amides is 1. The molecule has 6 aliphatic rings. The number of benzene rings is 1. The maximum Gasteiger partial charge on any atom is 0.338 e. The quantitative estimate of drug-likeness (QED) is 0.310. The van der Waals surface area contributed by atoms with Gasteiger partial charge in [-0.25, -0.2) is 13.6 Å². The normalized spacial score (nSPS) is 43.1. The topological polar surface area (TPSA) is 89.0 Å². The lowest BCUT2D eigenvalue weighted by molar-refractivity contribution is -0.183. The Labute approximate surface area is 300 Å². The van der Waals surface area contributed by atoms with E-state index >= 15 is 0 Å². The maximum absolute atomic E-state index is 14.0. The number of rotatable bonds is 6. The summed E-state index contributed by atoms with van der Waals surface area (Å²) in [4.78, 5) is 31.6. The zero-order valence-electron chi connectivity index (χ0n) is 31.0. The molecular formula is C42H54F2N2O5. The van der Waals surface area contributed by atoms with Crippen molar-refractivity contribution in [3.05, 3.63) is 65.5 Å². The molecule has 1 aromatic heterocycles. The van der Waals surface area contributed by atoms with Crippen molar-refractivity contribution in [2.45, 2.75) is 124 Å². The molecule has 5 aliphatic carbocycles. The molecule has 1 amide bonds. The number of carbonyl (C=O) groups is 2. The lowest BCUT2D eigenvalue weighted by atomic mass is 9.41. The maximum atomic E-state index is 14.0. The first kappa shape index (κ1) is 35.1. The first-order valence-electron chi connectivity index (χ1n) is 19.2. The fraction of sp³-hybridized carbons (Fsp3) is 0.690. The van der Waals surface area contributed by atoms with Gasteiger partial charge in [0.15, 0.2) is 0 Å². The Morgan fingerprint density at radius 3 is 2.33 bits per heavy atom. The number of aliphatic hydroxyl groups is 1. The predicted octanol–water partition coefficient (Wildman–Crippen LogP) is 7.75. The van der Waals surface area contributed by atoms with Gasteiger partial charge in [-0.15, -0.1) is 0 Å². The van der Waals surface area contributed by atoms with Crippen LogP contribution in [-0.4, -0.2) is 57.8 Å². The van der Waals surface area contributed by atoms with Gasteiger partial charge in [-0.3, -0.25) is 9.78 Å². The number of aromatic nitrogens is 1. The fourth-order valence-corrected chi connectivity index (χ4v) is 13.9. The minimum absolute atomic E-state index is 0.0956. The first-order chi connectivity index (χ1) is 24.1. The van der Waals surface area contributed by atoms with Crippen molar-refractivity contribution in [1.82, 2.24) is 9.88 Å². The van der Waals surface area contributed by atoms with Crippen LogP contribution < -0.4 is 0 Å². The number of carbonyl (C=O) groups excluding carboxylic acids is 2. The minimum atomic E-state index is -0.664. The largest absolute Gasteiger partial charge is 0.458 e. The van der Waals surface area contributed by atoms with Crippen LogP contribution in [0.15, 0.2) is 42.7 Å². The Bertz CT molecular complexity index is 1700. The lowest BCUT2D eigenvalue weighted by Gasteiger charge is -2.63. The predicted molar refractivity (Wildman–Crippen MR) is 187 cm³/mol. The molecule has 1 saturated heterocycles. The molecule has 276 valence electrons. The van der Waals surface area contributed by atoms with Gasteiger partial charge in [0.1, 0.15) is 17.7 Å². The molecule has 0 bridgehead atoms. The van der Waals surface area contributed by atoms with Crippen LogP contribution in [0, 0.1) is 62.4 Å². The van der Waals surface area contributed by atoms with E-state index in [1.54, 1.807) is 29.4 Å². The summed E-state index contributed by atoms with van der Waals surface area (Å²) in [5.74, 6) is -0.490. The molecule has 1 aromatic carbocycles. The van der Waals surface area contributed by atoms with Crippen LogP contribution in [0.4, 0.5) is 8.78 Å². The summed E-state index contributed by atoms with van der Waals surface area (Å²) < 4.78 is 41.1. The van der Waals surface area contributed by atoms with Crippen LogP contribution in [-0.2, 0) is 20.8 Å². The number of halogens is 2. The number of esters is 1. The van der Waals surface area contributed by atoms with Crippen LogP contribution in [0.2, 0.25) is 0 Å². The summed E-state index contributed by atoms with van der Waals surface area (Å²) in [6, 6.07) is 6.80. The highest BCUT2D eigenvalue weighted by atomic mass is 19.1. The third kappa shape index (κ3) is 4.95. The van der Waals surface area contributed by atoms with Gasteiger partial charge in [0.2, 0.25) is 5.91 Å². The number of pyridine rings is 1. The second kappa shape index (κ2) is 11.8. The molecule has 0 radical (unpaired) electrons. The highest BCUT2D eigenvalue weighted by molar-refractivity contribution is 5.89. The molecule has 2 spiro atoms. The number of nitrogens with zero attached hydrogens (tertiary/aromatic N) is 2. The van der Waals surface area contributed by atoms with Crippen molar-refractivity contribution in [1.29, 1.82) is 0 Å². The molecule has 7 nitrogen and oxygen atoms in total. The molecular weight excluding hydrogens is 650 g/mol. The van der Waals surface area contributed by atoms with E-state index in [2.05, 4.69) is 39.6 Å². The highest BCUT2D eigenvalue weighted by Gasteiger charge is 2.84. The Balaban J connectivity index is 1.02. The third-order valence-corrected chi connectivity index (χ3v) is 16.1. The molecule has 12 unspecified atom stereocenters.